The third kappa shape index (κ3) is 3.58. The first-order valence-corrected chi connectivity index (χ1v) is 6.95. The number of nitrogens with two attached hydrogens (primary N) is 2. The summed E-state index contributed by atoms with van der Waals surface area (Å²) in [6.45, 7) is 0.308. The maximum absolute atomic E-state index is 11.4. The van der Waals surface area contributed by atoms with Crippen LogP contribution in [0.2, 0.25) is 0 Å². The summed E-state index contributed by atoms with van der Waals surface area (Å²) in [5.74, 6) is 0.574. The van der Waals surface area contributed by atoms with Crippen LogP contribution in [0.4, 0.5) is 0 Å². The number of ether oxygens (including phenoxy) is 1. The van der Waals surface area contributed by atoms with Crippen molar-refractivity contribution in [3.63, 3.8) is 0 Å². The smallest absolute Gasteiger partial charge is 0.248 e. The van der Waals surface area contributed by atoms with Crippen LogP contribution in [-0.4, -0.2) is 17.3 Å². The van der Waals surface area contributed by atoms with Crippen molar-refractivity contribution in [2.24, 2.45) is 21.7 Å². The van der Waals surface area contributed by atoms with Gasteiger partial charge in [-0.1, -0.05) is 6.07 Å². The van der Waals surface area contributed by atoms with Crippen LogP contribution in [-0.2, 0) is 6.61 Å². The molecule has 0 unspecified atom stereocenters. The lowest BCUT2D eigenvalue weighted by molar-refractivity contribution is -0.782. The molecule has 122 valence electrons. The molecule has 0 fully saturated rings. The SMILES string of the molecule is NC(N)=N/N=C/c1ccc(OCc2ccc3no[n+]([O-])c3c2)cc1. The van der Waals surface area contributed by atoms with Gasteiger partial charge in [0.25, 0.3) is 0 Å². The number of nitrogens with zero attached hydrogens (tertiary/aromatic N) is 4. The molecule has 0 saturated heterocycles. The molecule has 0 aliphatic rings. The first kappa shape index (κ1) is 15.3. The predicted molar refractivity (Wildman–Crippen MR) is 87.1 cm³/mol. The Morgan fingerprint density at radius 3 is 2.79 bits per heavy atom. The largest absolute Gasteiger partial charge is 0.489 e. The van der Waals surface area contributed by atoms with Gasteiger partial charge in [-0.2, -0.15) is 5.10 Å². The molecule has 1 heterocycles. The second kappa shape index (κ2) is 6.65. The third-order valence-electron chi connectivity index (χ3n) is 3.12. The Kier molecular flexibility index (Phi) is 4.23. The maximum Gasteiger partial charge on any atom is 0.248 e. The van der Waals surface area contributed by atoms with Crippen LogP contribution >= 0.6 is 0 Å². The molecule has 3 rings (SSSR count). The Balaban J connectivity index is 1.64. The Hall–Kier alpha value is -3.62. The van der Waals surface area contributed by atoms with Gasteiger partial charge in [-0.3, -0.25) is 4.63 Å². The molecule has 1 aromatic heterocycles. The minimum atomic E-state index is -0.101. The molecule has 3 aromatic rings. The number of benzene rings is 2. The van der Waals surface area contributed by atoms with Crippen LogP contribution in [0.5, 0.6) is 5.75 Å². The Labute approximate surface area is 136 Å². The molecule has 9 nitrogen and oxygen atoms in total. The summed E-state index contributed by atoms with van der Waals surface area (Å²) >= 11 is 0. The molecule has 9 heteroatoms. The van der Waals surface area contributed by atoms with Gasteiger partial charge in [-0.05, 0) is 46.4 Å². The highest BCUT2D eigenvalue weighted by Gasteiger charge is 2.09. The molecule has 0 spiro atoms. The van der Waals surface area contributed by atoms with E-state index in [1.54, 1.807) is 24.3 Å². The highest BCUT2D eigenvalue weighted by molar-refractivity contribution is 5.81. The van der Waals surface area contributed by atoms with Crippen LogP contribution in [0.3, 0.4) is 0 Å². The maximum atomic E-state index is 11.4. The first-order valence-electron chi connectivity index (χ1n) is 6.95. The van der Waals surface area contributed by atoms with Gasteiger partial charge in [-0.15, -0.1) is 5.10 Å². The quantitative estimate of drug-likeness (QED) is 0.305. The van der Waals surface area contributed by atoms with Crippen LogP contribution in [0.25, 0.3) is 11.0 Å². The highest BCUT2D eigenvalue weighted by Crippen LogP contribution is 2.15. The second-order valence-electron chi connectivity index (χ2n) is 4.88. The fourth-order valence-corrected chi connectivity index (χ4v) is 1.99. The number of hydrogen-bond donors (Lipinski definition) is 2. The predicted octanol–water partition coefficient (Wildman–Crippen LogP) is 0.647. The lowest BCUT2D eigenvalue weighted by atomic mass is 10.2. The van der Waals surface area contributed by atoms with Crippen molar-refractivity contribution < 1.29 is 14.3 Å². The Morgan fingerprint density at radius 2 is 2.04 bits per heavy atom. The Bertz CT molecular complexity index is 897. The summed E-state index contributed by atoms with van der Waals surface area (Å²) in [6.07, 6.45) is 1.52. The van der Waals surface area contributed by atoms with Gasteiger partial charge in [0.2, 0.25) is 17.0 Å². The standard InChI is InChI=1S/C15H14N6O3/c16-15(17)19-18-8-10-1-4-12(5-2-10)23-9-11-3-6-13-14(7-11)21(22)24-20-13/h1-8H,9H2,(H4,16,17,19)/b18-8+. The second-order valence-corrected chi connectivity index (χ2v) is 4.88. The molecule has 2 aromatic carbocycles. The van der Waals surface area contributed by atoms with Crippen LogP contribution < -0.4 is 21.1 Å². The van der Waals surface area contributed by atoms with E-state index >= 15 is 0 Å². The van der Waals surface area contributed by atoms with Crippen molar-refractivity contribution in [2.45, 2.75) is 6.61 Å². The molecule has 0 bridgehead atoms. The monoisotopic (exact) mass is 326 g/mol. The molecule has 4 N–H and O–H groups in total. The van der Waals surface area contributed by atoms with E-state index in [2.05, 4.69) is 20.0 Å². The molecular weight excluding hydrogens is 312 g/mol. The summed E-state index contributed by atoms with van der Waals surface area (Å²) < 4.78 is 10.2. The molecule has 0 saturated carbocycles. The van der Waals surface area contributed by atoms with E-state index in [-0.39, 0.29) is 5.96 Å². The molecule has 0 atom stereocenters. The Morgan fingerprint density at radius 1 is 1.25 bits per heavy atom. The van der Waals surface area contributed by atoms with Crippen molar-refractivity contribution in [1.29, 1.82) is 0 Å². The fraction of sp³-hybridized carbons (Fsp3) is 0.0667. The number of fused-ring (bicyclic) bond motifs is 1. The van der Waals surface area contributed by atoms with Crippen molar-refractivity contribution in [2.75, 3.05) is 0 Å². The van der Waals surface area contributed by atoms with Crippen molar-refractivity contribution in [1.82, 2.24) is 5.16 Å². The highest BCUT2D eigenvalue weighted by atomic mass is 16.8. The van der Waals surface area contributed by atoms with Gasteiger partial charge in [0.05, 0.1) is 6.21 Å². The number of hydrogen-bond acceptors (Lipinski definition) is 6. The number of guanidine groups is 1. The van der Waals surface area contributed by atoms with Gasteiger partial charge in [-0.25, -0.2) is 0 Å². The summed E-state index contributed by atoms with van der Waals surface area (Å²) in [4.78, 5) is 0.365. The molecular formula is C15H14N6O3. The molecule has 0 aliphatic carbocycles. The zero-order valence-electron chi connectivity index (χ0n) is 12.5. The van der Waals surface area contributed by atoms with E-state index in [4.69, 9.17) is 16.2 Å². The molecule has 0 radical (unpaired) electrons. The zero-order valence-corrected chi connectivity index (χ0v) is 12.5. The van der Waals surface area contributed by atoms with Gasteiger partial charge < -0.3 is 21.4 Å². The van der Waals surface area contributed by atoms with E-state index in [1.165, 1.54) is 6.21 Å². The minimum Gasteiger partial charge on any atom is -0.489 e. The van der Waals surface area contributed by atoms with E-state index in [0.717, 1.165) is 11.1 Å². The summed E-state index contributed by atoms with van der Waals surface area (Å²) in [5, 5.41) is 22.2. The zero-order chi connectivity index (χ0) is 16.9. The van der Waals surface area contributed by atoms with E-state index in [9.17, 15) is 5.21 Å². The van der Waals surface area contributed by atoms with Crippen molar-refractivity contribution in [3.05, 3.63) is 58.8 Å². The van der Waals surface area contributed by atoms with E-state index < -0.39 is 0 Å². The molecule has 24 heavy (non-hydrogen) atoms. The summed E-state index contributed by atoms with van der Waals surface area (Å²) in [5.41, 5.74) is 12.9. The molecule has 0 aliphatic heterocycles. The van der Waals surface area contributed by atoms with Crippen LogP contribution in [0.15, 0.2) is 57.3 Å². The van der Waals surface area contributed by atoms with Crippen molar-refractivity contribution >= 4 is 23.2 Å². The third-order valence-corrected chi connectivity index (χ3v) is 3.12. The van der Waals surface area contributed by atoms with E-state index in [1.807, 2.05) is 18.2 Å². The van der Waals surface area contributed by atoms with Gasteiger partial charge >= 0.3 is 0 Å². The van der Waals surface area contributed by atoms with Crippen LogP contribution in [0.1, 0.15) is 11.1 Å². The topological polar surface area (TPSA) is 139 Å². The lowest BCUT2D eigenvalue weighted by Crippen LogP contribution is -2.22. The van der Waals surface area contributed by atoms with Gasteiger partial charge in [0.1, 0.15) is 12.4 Å². The minimum absolute atomic E-state index is 0.101. The van der Waals surface area contributed by atoms with Gasteiger partial charge in [0.15, 0.2) is 0 Å². The molecule has 0 amide bonds. The summed E-state index contributed by atoms with van der Waals surface area (Å²) in [7, 11) is 0. The normalized spacial score (nSPS) is 11.0. The lowest BCUT2D eigenvalue weighted by Gasteiger charge is -2.06. The fourth-order valence-electron chi connectivity index (χ4n) is 1.99. The number of aromatic nitrogens is 2. The van der Waals surface area contributed by atoms with Gasteiger partial charge in [0, 0.05) is 11.2 Å². The average Bonchev–Trinajstić information content (AvgIpc) is 2.95. The average molecular weight is 326 g/mol. The number of rotatable bonds is 5. The van der Waals surface area contributed by atoms with E-state index in [0.29, 0.717) is 28.3 Å². The summed E-state index contributed by atoms with van der Waals surface area (Å²) in [6, 6.07) is 12.4. The first-order chi connectivity index (χ1) is 11.6. The van der Waals surface area contributed by atoms with Crippen LogP contribution in [0, 0.1) is 5.21 Å². The van der Waals surface area contributed by atoms with Crippen molar-refractivity contribution in [3.8, 4) is 5.75 Å².